The van der Waals surface area contributed by atoms with E-state index in [2.05, 4.69) is 30.8 Å². The van der Waals surface area contributed by atoms with Gasteiger partial charge in [-0.15, -0.1) is 10.2 Å². The first kappa shape index (κ1) is 20.1. The molecule has 0 aliphatic rings. The molecule has 2 heterocycles. The number of nitrogens with one attached hydrogen (secondary N) is 4. The molecule has 4 rings (SSSR count). The van der Waals surface area contributed by atoms with Gasteiger partial charge in [0.05, 0.1) is 16.3 Å². The largest absolute Gasteiger partial charge is 0.356 e. The quantitative estimate of drug-likeness (QED) is 0.324. The Labute approximate surface area is 178 Å². The van der Waals surface area contributed by atoms with Crippen LogP contribution in [0.3, 0.4) is 0 Å². The molecule has 0 aliphatic heterocycles. The summed E-state index contributed by atoms with van der Waals surface area (Å²) in [5.41, 5.74) is 2.52. The zero-order chi connectivity index (χ0) is 21.1. The number of amides is 1. The molecule has 4 N–H and O–H groups in total. The maximum atomic E-state index is 13.0. The molecule has 154 valence electrons. The molecule has 1 atom stereocenters. The normalized spacial score (nSPS) is 12.1. The number of carbonyl (C=O) groups excluding carboxylic acids is 1. The van der Waals surface area contributed by atoms with Crippen molar-refractivity contribution in [2.45, 2.75) is 23.1 Å². The summed E-state index contributed by atoms with van der Waals surface area (Å²) in [4.78, 5) is 29.2. The van der Waals surface area contributed by atoms with Gasteiger partial charge >= 0.3 is 5.69 Å². The van der Waals surface area contributed by atoms with E-state index in [1.807, 2.05) is 0 Å². The van der Waals surface area contributed by atoms with Crippen LogP contribution in [0.25, 0.3) is 11.0 Å². The predicted octanol–water partition coefficient (Wildman–Crippen LogP) is 3.58. The maximum Gasteiger partial charge on any atom is 0.323 e. The van der Waals surface area contributed by atoms with Crippen molar-refractivity contribution < 1.29 is 9.18 Å². The van der Waals surface area contributed by atoms with Crippen molar-refractivity contribution in [3.63, 3.8) is 0 Å². The topological polar surface area (TPSA) is 116 Å². The molecule has 0 bridgehead atoms. The van der Waals surface area contributed by atoms with Crippen molar-refractivity contribution >= 4 is 50.9 Å². The number of aromatic nitrogens is 4. The highest BCUT2D eigenvalue weighted by atomic mass is 32.2. The van der Waals surface area contributed by atoms with E-state index < -0.39 is 5.25 Å². The minimum Gasteiger partial charge on any atom is -0.356 e. The molecule has 11 heteroatoms. The van der Waals surface area contributed by atoms with Gasteiger partial charge in [0.1, 0.15) is 5.82 Å². The lowest BCUT2D eigenvalue weighted by atomic mass is 10.2. The fraction of sp³-hybridized carbons (Fsp3) is 0.158. The van der Waals surface area contributed by atoms with E-state index in [-0.39, 0.29) is 17.4 Å². The summed E-state index contributed by atoms with van der Waals surface area (Å²) in [6.45, 7) is 2.28. The SMILES string of the molecule is CC(Sc1nnc(NCc2ccc(F)cc2)s1)C(=O)Nc1ccc2[nH]c(=O)[nH]c2c1. The Kier molecular flexibility index (Phi) is 5.81. The van der Waals surface area contributed by atoms with Gasteiger partial charge in [0, 0.05) is 12.2 Å². The number of aromatic amines is 2. The summed E-state index contributed by atoms with van der Waals surface area (Å²) in [6, 6.07) is 11.4. The highest BCUT2D eigenvalue weighted by molar-refractivity contribution is 8.02. The summed E-state index contributed by atoms with van der Waals surface area (Å²) in [5.74, 6) is -0.463. The predicted molar refractivity (Wildman–Crippen MR) is 117 cm³/mol. The molecule has 0 fully saturated rings. The van der Waals surface area contributed by atoms with Gasteiger partial charge in [-0.05, 0) is 42.8 Å². The van der Waals surface area contributed by atoms with Crippen molar-refractivity contribution in [2.24, 2.45) is 0 Å². The van der Waals surface area contributed by atoms with Crippen molar-refractivity contribution in [1.82, 2.24) is 20.2 Å². The highest BCUT2D eigenvalue weighted by Crippen LogP contribution is 2.29. The Balaban J connectivity index is 1.32. The Morgan fingerprint density at radius 1 is 1.17 bits per heavy atom. The standard InChI is InChI=1S/C19H17FN6O2S2/c1-10(16(27)22-13-6-7-14-15(8-13)24-17(28)23-14)29-19-26-25-18(30-19)21-9-11-2-4-12(20)5-3-11/h2-8,10H,9H2,1H3,(H,21,25)(H,22,27)(H2,23,24,28). The molecule has 0 saturated carbocycles. The number of H-pyrrole nitrogens is 2. The number of anilines is 2. The van der Waals surface area contributed by atoms with Gasteiger partial charge in [-0.1, -0.05) is 35.2 Å². The van der Waals surface area contributed by atoms with Crippen LogP contribution in [0.2, 0.25) is 0 Å². The first-order chi connectivity index (χ1) is 14.5. The number of nitrogens with zero attached hydrogens (tertiary/aromatic N) is 2. The van der Waals surface area contributed by atoms with Gasteiger partial charge in [-0.3, -0.25) is 4.79 Å². The molecular weight excluding hydrogens is 427 g/mol. The molecule has 0 spiro atoms. The Hall–Kier alpha value is -3.18. The van der Waals surface area contributed by atoms with Crippen LogP contribution in [0.15, 0.2) is 51.6 Å². The number of halogens is 1. The number of benzene rings is 2. The first-order valence-electron chi connectivity index (χ1n) is 8.98. The van der Waals surface area contributed by atoms with Crippen molar-refractivity contribution in [3.8, 4) is 0 Å². The number of imidazole rings is 1. The molecule has 0 radical (unpaired) electrons. The third kappa shape index (κ3) is 4.86. The highest BCUT2D eigenvalue weighted by Gasteiger charge is 2.17. The van der Waals surface area contributed by atoms with Gasteiger partial charge in [-0.25, -0.2) is 9.18 Å². The monoisotopic (exact) mass is 444 g/mol. The van der Waals surface area contributed by atoms with Gasteiger partial charge in [-0.2, -0.15) is 0 Å². The van der Waals surface area contributed by atoms with E-state index in [1.165, 1.54) is 35.2 Å². The summed E-state index contributed by atoms with van der Waals surface area (Å²) < 4.78 is 13.6. The van der Waals surface area contributed by atoms with Crippen LogP contribution < -0.4 is 16.3 Å². The summed E-state index contributed by atoms with van der Waals surface area (Å²) in [5, 5.41) is 14.4. The van der Waals surface area contributed by atoms with Crippen molar-refractivity contribution in [3.05, 3.63) is 64.3 Å². The number of fused-ring (bicyclic) bond motifs is 1. The fourth-order valence-corrected chi connectivity index (χ4v) is 4.56. The van der Waals surface area contributed by atoms with Gasteiger partial charge in [0.2, 0.25) is 11.0 Å². The zero-order valence-corrected chi connectivity index (χ0v) is 17.4. The molecule has 1 unspecified atom stereocenters. The first-order valence-corrected chi connectivity index (χ1v) is 10.7. The second kappa shape index (κ2) is 8.67. The number of thioether (sulfide) groups is 1. The molecular formula is C19H17FN6O2S2. The van der Waals surface area contributed by atoms with E-state index in [9.17, 15) is 14.0 Å². The average molecular weight is 445 g/mol. The van der Waals surface area contributed by atoms with Crippen molar-refractivity contribution in [1.29, 1.82) is 0 Å². The zero-order valence-electron chi connectivity index (χ0n) is 15.7. The number of carbonyl (C=O) groups is 1. The molecule has 0 saturated heterocycles. The minimum atomic E-state index is -0.399. The van der Waals surface area contributed by atoms with Crippen molar-refractivity contribution in [2.75, 3.05) is 10.6 Å². The van der Waals surface area contributed by atoms with E-state index in [4.69, 9.17) is 0 Å². The molecule has 4 aromatic rings. The van der Waals surface area contributed by atoms with Crippen LogP contribution in [-0.4, -0.2) is 31.3 Å². The van der Waals surface area contributed by atoms with E-state index >= 15 is 0 Å². The number of hydrogen-bond acceptors (Lipinski definition) is 7. The Morgan fingerprint density at radius 3 is 2.73 bits per heavy atom. The third-order valence-electron chi connectivity index (χ3n) is 4.19. The van der Waals surface area contributed by atoms with E-state index in [0.29, 0.717) is 32.7 Å². The number of rotatable bonds is 7. The van der Waals surface area contributed by atoms with Crippen LogP contribution in [-0.2, 0) is 11.3 Å². The van der Waals surface area contributed by atoms with Crippen LogP contribution in [0, 0.1) is 5.82 Å². The van der Waals surface area contributed by atoms with E-state index in [0.717, 1.165) is 5.56 Å². The lowest BCUT2D eigenvalue weighted by molar-refractivity contribution is -0.115. The summed E-state index contributed by atoms with van der Waals surface area (Å²) in [6.07, 6.45) is 0. The maximum absolute atomic E-state index is 13.0. The molecule has 1 amide bonds. The van der Waals surface area contributed by atoms with Crippen LogP contribution in [0.5, 0.6) is 0 Å². The Morgan fingerprint density at radius 2 is 1.93 bits per heavy atom. The van der Waals surface area contributed by atoms with Crippen LogP contribution >= 0.6 is 23.1 Å². The smallest absolute Gasteiger partial charge is 0.323 e. The summed E-state index contributed by atoms with van der Waals surface area (Å²) in [7, 11) is 0. The third-order valence-corrected chi connectivity index (χ3v) is 6.26. The van der Waals surface area contributed by atoms with Crippen LogP contribution in [0.4, 0.5) is 15.2 Å². The molecule has 2 aromatic heterocycles. The number of hydrogen-bond donors (Lipinski definition) is 4. The average Bonchev–Trinajstić information content (AvgIpc) is 3.32. The second-order valence-corrected chi connectivity index (χ2v) is 9.01. The fourth-order valence-electron chi connectivity index (χ4n) is 2.67. The van der Waals surface area contributed by atoms with E-state index in [1.54, 1.807) is 37.3 Å². The molecule has 2 aromatic carbocycles. The molecule has 8 nitrogen and oxygen atoms in total. The Bertz CT molecular complexity index is 1230. The van der Waals surface area contributed by atoms with Gasteiger partial charge in [0.15, 0.2) is 4.34 Å². The minimum absolute atomic E-state index is 0.187. The molecule has 30 heavy (non-hydrogen) atoms. The summed E-state index contributed by atoms with van der Waals surface area (Å²) >= 11 is 2.65. The molecule has 0 aliphatic carbocycles. The van der Waals surface area contributed by atoms with Gasteiger partial charge < -0.3 is 20.6 Å². The lowest BCUT2D eigenvalue weighted by Crippen LogP contribution is -2.22. The van der Waals surface area contributed by atoms with Gasteiger partial charge in [0.25, 0.3) is 0 Å². The van der Waals surface area contributed by atoms with Crippen LogP contribution in [0.1, 0.15) is 12.5 Å². The lowest BCUT2D eigenvalue weighted by Gasteiger charge is -2.10. The second-order valence-electron chi connectivity index (χ2n) is 6.44.